The van der Waals surface area contributed by atoms with E-state index in [2.05, 4.69) is 48.5 Å². The third-order valence-electron chi connectivity index (χ3n) is 16.1. The van der Waals surface area contributed by atoms with Crippen molar-refractivity contribution in [2.45, 2.75) is 369 Å². The smallest absolute Gasteiger partial charge is 0.462 e. The van der Waals surface area contributed by atoms with E-state index in [1.165, 1.54) is 154 Å². The number of esters is 4. The van der Waals surface area contributed by atoms with Crippen LogP contribution in [0.3, 0.4) is 0 Å². The predicted molar refractivity (Wildman–Crippen MR) is 358 cm³/mol. The molecule has 0 spiro atoms. The van der Waals surface area contributed by atoms with Crippen LogP contribution in [0.5, 0.6) is 0 Å². The van der Waals surface area contributed by atoms with Gasteiger partial charge in [-0.05, 0) is 43.4 Å². The molecule has 0 bridgehead atoms. The Morgan fingerprint density at radius 3 is 0.764 bits per heavy atom. The highest BCUT2D eigenvalue weighted by Crippen LogP contribution is 2.45. The lowest BCUT2D eigenvalue weighted by molar-refractivity contribution is -0.161. The van der Waals surface area contributed by atoms with Crippen molar-refractivity contribution in [3.63, 3.8) is 0 Å². The second kappa shape index (κ2) is 61.0. The minimum atomic E-state index is -4.95. The number of phosphoric acid groups is 2. The van der Waals surface area contributed by atoms with Gasteiger partial charge in [0.1, 0.15) is 19.3 Å². The number of hydrogen-bond acceptors (Lipinski definition) is 15. The second-order valence-corrected chi connectivity index (χ2v) is 29.6. The van der Waals surface area contributed by atoms with E-state index in [1.807, 2.05) is 0 Å². The quantitative estimate of drug-likeness (QED) is 0.0222. The summed E-state index contributed by atoms with van der Waals surface area (Å²) in [5.41, 5.74) is 0. The summed E-state index contributed by atoms with van der Waals surface area (Å²) >= 11 is 0. The Kier molecular flexibility index (Phi) is 59.6. The van der Waals surface area contributed by atoms with Gasteiger partial charge in [-0.1, -0.05) is 299 Å². The summed E-state index contributed by atoms with van der Waals surface area (Å²) in [5, 5.41) is 10.6. The summed E-state index contributed by atoms with van der Waals surface area (Å²) in [6.07, 6.45) is 44.5. The first-order valence-electron chi connectivity index (χ1n) is 36.3. The van der Waals surface area contributed by atoms with E-state index in [-0.39, 0.29) is 25.7 Å². The second-order valence-electron chi connectivity index (χ2n) is 26.7. The molecule has 19 heteroatoms. The van der Waals surface area contributed by atoms with Gasteiger partial charge >= 0.3 is 39.5 Å². The van der Waals surface area contributed by atoms with Gasteiger partial charge in [-0.25, -0.2) is 9.13 Å². The molecule has 89 heavy (non-hydrogen) atoms. The third-order valence-corrected chi connectivity index (χ3v) is 18.0. The van der Waals surface area contributed by atoms with Crippen LogP contribution in [0.4, 0.5) is 0 Å². The van der Waals surface area contributed by atoms with Gasteiger partial charge in [0, 0.05) is 25.7 Å². The standard InChI is InChI=1S/C70H136O17P2/c1-8-9-10-11-12-13-14-15-19-22-30-37-44-51-67(72)80-57-65(86-69(74)53-46-39-31-23-20-17-16-18-21-27-34-41-48-61(2)3)59-84-88(76,77)82-55-64(71)56-83-89(78,79)85-60-66(58-81-68(73)52-45-38-33-26-29-36-43-50-63(6)7)87-70(75)54-47-40-32-25-24-28-35-42-49-62(4)5/h61-66,71H,8-60H2,1-7H3,(H,76,77)(H,78,79)/t64-,65-,66-/m1/s1. The number of carbonyl (C=O) groups excluding carboxylic acids is 4. The lowest BCUT2D eigenvalue weighted by Crippen LogP contribution is -2.30. The number of carbonyl (C=O) groups is 4. The normalized spacial score (nSPS) is 14.2. The fraction of sp³-hybridized carbons (Fsp3) is 0.943. The zero-order valence-electron chi connectivity index (χ0n) is 57.9. The number of hydrogen-bond donors (Lipinski definition) is 3. The average Bonchev–Trinajstić information content (AvgIpc) is 3.67. The molecule has 0 aliphatic carbocycles. The van der Waals surface area contributed by atoms with Crippen LogP contribution >= 0.6 is 15.6 Å². The molecular weight excluding hydrogens is 1170 g/mol. The number of ether oxygens (including phenoxy) is 4. The van der Waals surface area contributed by atoms with Gasteiger partial charge in [0.25, 0.3) is 0 Å². The molecule has 0 saturated heterocycles. The van der Waals surface area contributed by atoms with Crippen molar-refractivity contribution in [3.05, 3.63) is 0 Å². The average molecular weight is 1310 g/mol. The van der Waals surface area contributed by atoms with Crippen LogP contribution in [-0.2, 0) is 65.4 Å². The summed E-state index contributed by atoms with van der Waals surface area (Å²) in [4.78, 5) is 72.5. The fourth-order valence-corrected chi connectivity index (χ4v) is 12.1. The minimum Gasteiger partial charge on any atom is -0.462 e. The van der Waals surface area contributed by atoms with Crippen LogP contribution in [0.15, 0.2) is 0 Å². The van der Waals surface area contributed by atoms with Crippen LogP contribution in [0.1, 0.15) is 350 Å². The van der Waals surface area contributed by atoms with Crippen molar-refractivity contribution >= 4 is 39.5 Å². The van der Waals surface area contributed by atoms with E-state index in [0.717, 1.165) is 108 Å². The van der Waals surface area contributed by atoms with Crippen molar-refractivity contribution in [2.75, 3.05) is 39.6 Å². The molecule has 0 aromatic carbocycles. The molecule has 2 unspecified atom stereocenters. The third kappa shape index (κ3) is 64.6. The number of unbranched alkanes of at least 4 members (excludes halogenated alkanes) is 36. The van der Waals surface area contributed by atoms with E-state index in [0.29, 0.717) is 31.6 Å². The van der Waals surface area contributed by atoms with Crippen molar-refractivity contribution in [2.24, 2.45) is 17.8 Å². The lowest BCUT2D eigenvalue weighted by atomic mass is 10.0. The van der Waals surface area contributed by atoms with E-state index in [1.54, 1.807) is 0 Å². The van der Waals surface area contributed by atoms with Crippen molar-refractivity contribution in [3.8, 4) is 0 Å². The maximum absolute atomic E-state index is 13.0. The fourth-order valence-electron chi connectivity index (χ4n) is 10.5. The molecule has 0 rings (SSSR count). The Bertz CT molecular complexity index is 1750. The van der Waals surface area contributed by atoms with Crippen molar-refractivity contribution in [1.29, 1.82) is 0 Å². The van der Waals surface area contributed by atoms with Gasteiger partial charge < -0.3 is 33.8 Å². The highest BCUT2D eigenvalue weighted by Gasteiger charge is 2.30. The van der Waals surface area contributed by atoms with Gasteiger partial charge in [0.05, 0.1) is 26.4 Å². The number of rotatable bonds is 68. The SMILES string of the molecule is CCCCCCCCCCCCCCCC(=O)OC[C@H](COP(=O)(O)OC[C@@H](O)COP(=O)(O)OC[C@@H](COC(=O)CCCCCCCCCC(C)C)OC(=O)CCCCCCCCCCC(C)C)OC(=O)CCCCCCCCCCCCCCC(C)C. The van der Waals surface area contributed by atoms with E-state index in [9.17, 15) is 43.2 Å². The zero-order valence-corrected chi connectivity index (χ0v) is 59.7. The molecule has 5 atom stereocenters. The molecule has 0 aromatic rings. The first-order chi connectivity index (χ1) is 42.7. The highest BCUT2D eigenvalue weighted by molar-refractivity contribution is 7.47. The molecule has 3 N–H and O–H groups in total. The molecule has 0 aliphatic rings. The Morgan fingerprint density at radius 1 is 0.303 bits per heavy atom. The molecule has 0 radical (unpaired) electrons. The van der Waals surface area contributed by atoms with Crippen LogP contribution in [-0.4, -0.2) is 96.7 Å². The van der Waals surface area contributed by atoms with Crippen LogP contribution in [0.2, 0.25) is 0 Å². The lowest BCUT2D eigenvalue weighted by Gasteiger charge is -2.21. The molecule has 0 saturated carbocycles. The van der Waals surface area contributed by atoms with Crippen molar-refractivity contribution in [1.82, 2.24) is 0 Å². The summed E-state index contributed by atoms with van der Waals surface area (Å²) in [5.74, 6) is 0.0725. The van der Waals surface area contributed by atoms with Crippen LogP contribution in [0, 0.1) is 17.8 Å². The van der Waals surface area contributed by atoms with Crippen LogP contribution < -0.4 is 0 Å². The Balaban J connectivity index is 5.25. The van der Waals surface area contributed by atoms with Crippen molar-refractivity contribution < 1.29 is 80.2 Å². The number of aliphatic hydroxyl groups is 1. The first-order valence-corrected chi connectivity index (χ1v) is 39.3. The largest absolute Gasteiger partial charge is 0.472 e. The summed E-state index contributed by atoms with van der Waals surface area (Å²) in [7, 11) is -9.90. The molecule has 0 amide bonds. The van der Waals surface area contributed by atoms with Crippen LogP contribution in [0.25, 0.3) is 0 Å². The number of phosphoric ester groups is 2. The molecule has 17 nitrogen and oxygen atoms in total. The highest BCUT2D eigenvalue weighted by atomic mass is 31.2. The van der Waals surface area contributed by atoms with E-state index >= 15 is 0 Å². The van der Waals surface area contributed by atoms with E-state index < -0.39 is 97.5 Å². The topological polar surface area (TPSA) is 237 Å². The molecule has 528 valence electrons. The summed E-state index contributed by atoms with van der Waals surface area (Å²) < 4.78 is 68.3. The Hall–Kier alpha value is -1.94. The summed E-state index contributed by atoms with van der Waals surface area (Å²) in [6, 6.07) is 0. The van der Waals surface area contributed by atoms with Gasteiger partial charge in [-0.3, -0.25) is 37.3 Å². The van der Waals surface area contributed by atoms with Gasteiger partial charge in [-0.15, -0.1) is 0 Å². The molecule has 0 heterocycles. The monoisotopic (exact) mass is 1310 g/mol. The molecule has 0 aliphatic heterocycles. The maximum atomic E-state index is 13.0. The first kappa shape index (κ1) is 87.1. The van der Waals surface area contributed by atoms with Gasteiger partial charge in [-0.2, -0.15) is 0 Å². The van der Waals surface area contributed by atoms with Gasteiger partial charge in [0.15, 0.2) is 12.2 Å². The summed E-state index contributed by atoms with van der Waals surface area (Å²) in [6.45, 7) is 11.8. The maximum Gasteiger partial charge on any atom is 0.472 e. The van der Waals surface area contributed by atoms with Gasteiger partial charge in [0.2, 0.25) is 0 Å². The molecule has 0 aromatic heterocycles. The molecule has 0 fully saturated rings. The number of aliphatic hydroxyl groups excluding tert-OH is 1. The zero-order chi connectivity index (χ0) is 65.9. The Labute approximate surface area is 543 Å². The Morgan fingerprint density at radius 2 is 0.517 bits per heavy atom. The minimum absolute atomic E-state index is 0.103. The van der Waals surface area contributed by atoms with E-state index in [4.69, 9.17) is 37.0 Å². The molecular formula is C70H136O17P2. The predicted octanol–water partition coefficient (Wildman–Crippen LogP) is 19.8.